The fourth-order valence-electron chi connectivity index (χ4n) is 4.91. The molecule has 9 heteroatoms. The molecule has 4 aromatic rings. The Balaban J connectivity index is 1.22. The van der Waals surface area contributed by atoms with Crippen molar-refractivity contribution < 1.29 is 19.1 Å². The predicted octanol–water partition coefficient (Wildman–Crippen LogP) is 5.10. The Bertz CT molecular complexity index is 1550. The number of nitrogens with zero attached hydrogens (tertiary/aromatic N) is 4. The number of ether oxygens (including phenoxy) is 2. The molecule has 1 saturated heterocycles. The topological polar surface area (TPSA) is 98.6 Å². The maximum atomic E-state index is 13.6. The molecule has 1 aliphatic heterocycles. The molecule has 6 rings (SSSR count). The van der Waals surface area contributed by atoms with Gasteiger partial charge in [-0.3, -0.25) is 9.36 Å². The molecule has 2 aromatic carbocycles. The summed E-state index contributed by atoms with van der Waals surface area (Å²) in [4.78, 5) is 37.0. The summed E-state index contributed by atoms with van der Waals surface area (Å²) in [5.41, 5.74) is 2.34. The molecular weight excluding hydrogens is 494 g/mol. The first-order valence-electron chi connectivity index (χ1n) is 13.5. The van der Waals surface area contributed by atoms with Crippen LogP contribution in [0.4, 0.5) is 4.79 Å². The number of hydrogen-bond donors (Lipinski definition) is 1. The van der Waals surface area contributed by atoms with E-state index in [4.69, 9.17) is 14.5 Å². The molecule has 9 nitrogen and oxygen atoms in total. The van der Waals surface area contributed by atoms with Gasteiger partial charge in [-0.25, -0.2) is 14.8 Å². The quantitative estimate of drug-likeness (QED) is 0.375. The van der Waals surface area contributed by atoms with Gasteiger partial charge >= 0.3 is 6.09 Å². The van der Waals surface area contributed by atoms with Crippen molar-refractivity contribution in [2.45, 2.75) is 51.7 Å². The molecule has 39 heavy (non-hydrogen) atoms. The van der Waals surface area contributed by atoms with Crippen molar-refractivity contribution in [2.24, 2.45) is 5.92 Å². The third kappa shape index (κ3) is 5.53. The first-order valence-corrected chi connectivity index (χ1v) is 13.5. The third-order valence-corrected chi connectivity index (χ3v) is 7.08. The lowest BCUT2D eigenvalue weighted by molar-refractivity contribution is 0.0502. The van der Waals surface area contributed by atoms with E-state index in [1.165, 1.54) is 12.8 Å². The van der Waals surface area contributed by atoms with E-state index in [1.807, 2.05) is 73.9 Å². The zero-order valence-electron chi connectivity index (χ0n) is 22.5. The first-order chi connectivity index (χ1) is 18.7. The van der Waals surface area contributed by atoms with Gasteiger partial charge < -0.3 is 19.7 Å². The minimum absolute atomic E-state index is 0.105. The number of imidazole rings is 1. The van der Waals surface area contributed by atoms with Crippen LogP contribution >= 0.6 is 0 Å². The second-order valence-electron chi connectivity index (χ2n) is 11.4. The monoisotopic (exact) mass is 527 g/mol. The van der Waals surface area contributed by atoms with Gasteiger partial charge in [0, 0.05) is 24.5 Å². The largest absolute Gasteiger partial charge is 0.493 e. The van der Waals surface area contributed by atoms with Gasteiger partial charge in [0.25, 0.3) is 5.91 Å². The molecule has 1 saturated carbocycles. The Morgan fingerprint density at radius 2 is 1.92 bits per heavy atom. The smallest absolute Gasteiger partial charge is 0.407 e. The summed E-state index contributed by atoms with van der Waals surface area (Å²) >= 11 is 0. The number of amides is 2. The Morgan fingerprint density at radius 3 is 2.72 bits per heavy atom. The standard InChI is InChI=1S/C30H33N5O4/c1-30(2,3)39-29(37)32-21-13-14-34(16-21)28(36)23-6-4-5-20-9-12-26(33-27(20)23)35-18-31-24-15-22(10-11-25(24)35)38-17-19-7-8-19/h4-6,9-12,15,18-19,21H,7-8,13-14,16-17H2,1-3H3,(H,32,37). The van der Waals surface area contributed by atoms with Crippen molar-refractivity contribution in [1.82, 2.24) is 24.8 Å². The van der Waals surface area contributed by atoms with Crippen LogP contribution in [0.2, 0.25) is 0 Å². The molecule has 2 amide bonds. The number of likely N-dealkylation sites (tertiary alicyclic amines) is 1. The van der Waals surface area contributed by atoms with Crippen LogP contribution in [-0.4, -0.2) is 62.8 Å². The Labute approximate surface area is 227 Å². The average Bonchev–Trinajstić information content (AvgIpc) is 3.46. The normalized spacial score (nSPS) is 17.5. The molecule has 202 valence electrons. The summed E-state index contributed by atoms with van der Waals surface area (Å²) < 4.78 is 13.2. The number of hydrogen-bond acceptors (Lipinski definition) is 6. The average molecular weight is 528 g/mol. The van der Waals surface area contributed by atoms with Crippen LogP contribution < -0.4 is 10.1 Å². The zero-order chi connectivity index (χ0) is 27.1. The number of alkyl carbamates (subject to hydrolysis) is 1. The number of nitrogens with one attached hydrogen (secondary N) is 1. The van der Waals surface area contributed by atoms with Crippen molar-refractivity contribution in [2.75, 3.05) is 19.7 Å². The van der Waals surface area contributed by atoms with E-state index in [2.05, 4.69) is 10.3 Å². The molecule has 0 radical (unpaired) electrons. The minimum Gasteiger partial charge on any atom is -0.493 e. The van der Waals surface area contributed by atoms with Gasteiger partial charge in [-0.05, 0) is 76.3 Å². The summed E-state index contributed by atoms with van der Waals surface area (Å²) in [6.07, 6.45) is 4.45. The van der Waals surface area contributed by atoms with E-state index in [0.717, 1.165) is 28.8 Å². The second kappa shape index (κ2) is 9.87. The Hall–Kier alpha value is -4.14. The minimum atomic E-state index is -0.572. The lowest BCUT2D eigenvalue weighted by Crippen LogP contribution is -2.41. The molecule has 2 fully saturated rings. The molecule has 0 bridgehead atoms. The van der Waals surface area contributed by atoms with Gasteiger partial charge in [-0.1, -0.05) is 12.1 Å². The highest BCUT2D eigenvalue weighted by molar-refractivity contribution is 6.05. The van der Waals surface area contributed by atoms with Crippen LogP contribution in [0.3, 0.4) is 0 Å². The van der Waals surface area contributed by atoms with Crippen molar-refractivity contribution in [1.29, 1.82) is 0 Å². The number of fused-ring (bicyclic) bond motifs is 2. The van der Waals surface area contributed by atoms with E-state index in [1.54, 1.807) is 11.2 Å². The molecule has 2 aromatic heterocycles. The summed E-state index contributed by atoms with van der Waals surface area (Å²) in [7, 11) is 0. The number of pyridine rings is 1. The lowest BCUT2D eigenvalue weighted by atomic mass is 10.1. The molecule has 1 unspecified atom stereocenters. The number of aromatic nitrogens is 3. The van der Waals surface area contributed by atoms with Gasteiger partial charge in [0.1, 0.15) is 23.5 Å². The van der Waals surface area contributed by atoms with Gasteiger partial charge in [0.05, 0.1) is 34.8 Å². The maximum Gasteiger partial charge on any atom is 0.407 e. The summed E-state index contributed by atoms with van der Waals surface area (Å²) in [5, 5.41) is 3.77. The van der Waals surface area contributed by atoms with E-state index < -0.39 is 11.7 Å². The summed E-state index contributed by atoms with van der Waals surface area (Å²) in [6, 6.07) is 15.3. The number of para-hydroxylation sites is 1. The van der Waals surface area contributed by atoms with Crippen molar-refractivity contribution in [3.63, 3.8) is 0 Å². The van der Waals surface area contributed by atoms with Crippen molar-refractivity contribution in [3.8, 4) is 11.6 Å². The van der Waals surface area contributed by atoms with Crippen LogP contribution in [0.25, 0.3) is 27.8 Å². The highest BCUT2D eigenvalue weighted by Crippen LogP contribution is 2.31. The van der Waals surface area contributed by atoms with Gasteiger partial charge in [-0.15, -0.1) is 0 Å². The van der Waals surface area contributed by atoms with Gasteiger partial charge in [0.2, 0.25) is 0 Å². The van der Waals surface area contributed by atoms with E-state index in [-0.39, 0.29) is 11.9 Å². The molecule has 2 aliphatic rings. The second-order valence-corrected chi connectivity index (χ2v) is 11.4. The number of carbonyl (C=O) groups is 2. The first kappa shape index (κ1) is 25.2. The highest BCUT2D eigenvalue weighted by Gasteiger charge is 2.30. The molecule has 3 heterocycles. The Morgan fingerprint density at radius 1 is 1.08 bits per heavy atom. The fraction of sp³-hybridized carbons (Fsp3) is 0.400. The van der Waals surface area contributed by atoms with Crippen molar-refractivity contribution >= 4 is 33.9 Å². The molecule has 1 atom stereocenters. The SMILES string of the molecule is CC(C)(C)OC(=O)NC1CCN(C(=O)c2cccc3ccc(-n4cnc5cc(OCC6CC6)ccc54)nc23)C1. The molecule has 1 N–H and O–H groups in total. The van der Waals surface area contributed by atoms with E-state index in [9.17, 15) is 9.59 Å². The van der Waals surface area contributed by atoms with Crippen LogP contribution in [0.15, 0.2) is 54.9 Å². The van der Waals surface area contributed by atoms with Crippen LogP contribution in [0, 0.1) is 5.92 Å². The number of benzene rings is 2. The molecular formula is C30H33N5O4. The summed E-state index contributed by atoms with van der Waals surface area (Å²) in [6.45, 7) is 7.20. The summed E-state index contributed by atoms with van der Waals surface area (Å²) in [5.74, 6) is 2.09. The molecule has 1 aliphatic carbocycles. The van der Waals surface area contributed by atoms with Crippen LogP contribution in [0.1, 0.15) is 50.4 Å². The van der Waals surface area contributed by atoms with Gasteiger partial charge in [0.15, 0.2) is 0 Å². The number of carbonyl (C=O) groups excluding carboxylic acids is 2. The lowest BCUT2D eigenvalue weighted by Gasteiger charge is -2.22. The van der Waals surface area contributed by atoms with E-state index in [0.29, 0.717) is 42.3 Å². The molecule has 0 spiro atoms. The van der Waals surface area contributed by atoms with Crippen LogP contribution in [-0.2, 0) is 4.74 Å². The fourth-order valence-corrected chi connectivity index (χ4v) is 4.91. The zero-order valence-corrected chi connectivity index (χ0v) is 22.5. The third-order valence-electron chi connectivity index (χ3n) is 7.08. The van der Waals surface area contributed by atoms with E-state index >= 15 is 0 Å². The van der Waals surface area contributed by atoms with Gasteiger partial charge in [-0.2, -0.15) is 0 Å². The van der Waals surface area contributed by atoms with Crippen LogP contribution in [0.5, 0.6) is 5.75 Å². The highest BCUT2D eigenvalue weighted by atomic mass is 16.6. The Kier molecular flexibility index (Phi) is 6.37. The number of rotatable bonds is 6. The van der Waals surface area contributed by atoms with Crippen molar-refractivity contribution in [3.05, 3.63) is 60.4 Å². The maximum absolute atomic E-state index is 13.6. The predicted molar refractivity (Wildman–Crippen MR) is 148 cm³/mol.